The van der Waals surface area contributed by atoms with E-state index in [2.05, 4.69) is 6.07 Å². The molecule has 0 saturated carbocycles. The Morgan fingerprint density at radius 2 is 1.45 bits per heavy atom. The number of hydrogen-bond acceptors (Lipinski definition) is 2. The minimum Gasteiger partial charge on any atom is -0.269 e. The molecule has 1 heterocycles. The third kappa shape index (κ3) is 1.40. The molecule has 2 aromatic carbocycles. The van der Waals surface area contributed by atoms with E-state index in [0.29, 0.717) is 11.1 Å². The third-order valence-corrected chi connectivity index (χ3v) is 4.24. The lowest BCUT2D eigenvalue weighted by Crippen LogP contribution is -2.33. The van der Waals surface area contributed by atoms with Gasteiger partial charge in [0, 0.05) is 0 Å². The topological polar surface area (TPSA) is 37.4 Å². The van der Waals surface area contributed by atoms with Crippen LogP contribution in [0.1, 0.15) is 44.3 Å². The Labute approximate surface area is 116 Å². The van der Waals surface area contributed by atoms with Gasteiger partial charge in [0.2, 0.25) is 0 Å². The van der Waals surface area contributed by atoms with Crippen LogP contribution in [0.4, 0.5) is 0 Å². The fourth-order valence-electron chi connectivity index (χ4n) is 3.29. The van der Waals surface area contributed by atoms with Crippen LogP contribution in [0.2, 0.25) is 0 Å². The van der Waals surface area contributed by atoms with Crippen LogP contribution in [-0.2, 0) is 6.42 Å². The zero-order valence-corrected chi connectivity index (χ0v) is 10.9. The van der Waals surface area contributed by atoms with Gasteiger partial charge < -0.3 is 0 Å². The molecule has 20 heavy (non-hydrogen) atoms. The zero-order chi connectivity index (χ0) is 13.7. The second-order valence-electron chi connectivity index (χ2n) is 5.28. The minimum atomic E-state index is -0.160. The van der Waals surface area contributed by atoms with Gasteiger partial charge in [0.25, 0.3) is 11.8 Å². The maximum atomic E-state index is 12.5. The smallest absolute Gasteiger partial charge is 0.262 e. The van der Waals surface area contributed by atoms with E-state index in [1.165, 1.54) is 10.5 Å². The highest BCUT2D eigenvalue weighted by Gasteiger charge is 2.42. The molecule has 0 fully saturated rings. The molecule has 98 valence electrons. The molecule has 1 aliphatic heterocycles. The van der Waals surface area contributed by atoms with Gasteiger partial charge in [-0.3, -0.25) is 14.5 Å². The van der Waals surface area contributed by atoms with Crippen molar-refractivity contribution in [3.8, 4) is 0 Å². The quantitative estimate of drug-likeness (QED) is 0.742. The molecule has 1 atom stereocenters. The summed E-state index contributed by atoms with van der Waals surface area (Å²) >= 11 is 0. The van der Waals surface area contributed by atoms with Crippen LogP contribution in [-0.4, -0.2) is 16.7 Å². The summed E-state index contributed by atoms with van der Waals surface area (Å²) in [5.74, 6) is -0.320. The largest absolute Gasteiger partial charge is 0.269 e. The Hall–Kier alpha value is -2.42. The monoisotopic (exact) mass is 263 g/mol. The van der Waals surface area contributed by atoms with Gasteiger partial charge >= 0.3 is 0 Å². The molecule has 3 nitrogen and oxygen atoms in total. The van der Waals surface area contributed by atoms with Crippen LogP contribution in [0.25, 0.3) is 0 Å². The van der Waals surface area contributed by atoms with Crippen molar-refractivity contribution in [1.82, 2.24) is 4.90 Å². The number of benzene rings is 2. The number of hydrogen-bond donors (Lipinski definition) is 0. The van der Waals surface area contributed by atoms with Crippen molar-refractivity contribution in [3.05, 3.63) is 70.8 Å². The molecular formula is C17H13NO2. The first kappa shape index (κ1) is 11.4. The summed E-state index contributed by atoms with van der Waals surface area (Å²) in [6, 6.07) is 15.0. The molecule has 2 aromatic rings. The maximum Gasteiger partial charge on any atom is 0.262 e. The summed E-state index contributed by atoms with van der Waals surface area (Å²) < 4.78 is 0. The Bertz CT molecular complexity index is 700. The van der Waals surface area contributed by atoms with Gasteiger partial charge in [-0.25, -0.2) is 0 Å². The standard InChI is InChI=1S/C17H13NO2/c19-16-13-7-3-4-8-14(13)17(20)18(16)15-10-9-11-5-1-2-6-12(11)15/h1-8,15H,9-10H2/t15-/m1/s1. The van der Waals surface area contributed by atoms with Gasteiger partial charge in [-0.15, -0.1) is 0 Å². The molecule has 1 aliphatic carbocycles. The van der Waals surface area contributed by atoms with Crippen molar-refractivity contribution < 1.29 is 9.59 Å². The van der Waals surface area contributed by atoms with E-state index in [4.69, 9.17) is 0 Å². The van der Waals surface area contributed by atoms with E-state index < -0.39 is 0 Å². The van der Waals surface area contributed by atoms with Crippen LogP contribution in [0.5, 0.6) is 0 Å². The number of fused-ring (bicyclic) bond motifs is 2. The summed E-state index contributed by atoms with van der Waals surface area (Å²) in [5, 5.41) is 0. The second kappa shape index (κ2) is 4.04. The van der Waals surface area contributed by atoms with Crippen LogP contribution in [0.15, 0.2) is 48.5 Å². The Kier molecular flexibility index (Phi) is 2.30. The van der Waals surface area contributed by atoms with Gasteiger partial charge in [-0.2, -0.15) is 0 Å². The van der Waals surface area contributed by atoms with Crippen molar-refractivity contribution >= 4 is 11.8 Å². The van der Waals surface area contributed by atoms with Crippen molar-refractivity contribution in [2.45, 2.75) is 18.9 Å². The summed E-state index contributed by atoms with van der Waals surface area (Å²) in [7, 11) is 0. The number of amides is 2. The average molecular weight is 263 g/mol. The molecule has 3 heteroatoms. The van der Waals surface area contributed by atoms with Gasteiger partial charge in [0.15, 0.2) is 0 Å². The SMILES string of the molecule is O=C1c2ccccc2C(=O)N1[C@@H]1CCc2ccccc21. The van der Waals surface area contributed by atoms with Gasteiger partial charge in [0.1, 0.15) is 0 Å². The molecule has 0 aromatic heterocycles. The summed E-state index contributed by atoms with van der Waals surface area (Å²) in [4.78, 5) is 26.5. The number of rotatable bonds is 1. The van der Waals surface area contributed by atoms with E-state index >= 15 is 0 Å². The van der Waals surface area contributed by atoms with E-state index in [0.717, 1.165) is 18.4 Å². The normalized spacial score (nSPS) is 20.2. The Morgan fingerprint density at radius 3 is 2.15 bits per heavy atom. The van der Waals surface area contributed by atoms with Crippen LogP contribution in [0, 0.1) is 0 Å². The van der Waals surface area contributed by atoms with Crippen molar-refractivity contribution in [3.63, 3.8) is 0 Å². The van der Waals surface area contributed by atoms with Gasteiger partial charge in [-0.05, 0) is 36.1 Å². The lowest BCUT2D eigenvalue weighted by atomic mass is 10.1. The molecule has 4 rings (SSSR count). The molecule has 0 N–H and O–H groups in total. The molecule has 0 spiro atoms. The molecule has 0 unspecified atom stereocenters. The predicted molar refractivity (Wildman–Crippen MR) is 74.4 cm³/mol. The molecule has 2 amide bonds. The average Bonchev–Trinajstić information content (AvgIpc) is 3.01. The first-order chi connectivity index (χ1) is 9.77. The number of aryl methyl sites for hydroxylation is 1. The zero-order valence-electron chi connectivity index (χ0n) is 10.9. The minimum absolute atomic E-state index is 0.112. The molecule has 0 radical (unpaired) electrons. The highest BCUT2D eigenvalue weighted by atomic mass is 16.2. The Morgan fingerprint density at radius 1 is 0.850 bits per heavy atom. The summed E-state index contributed by atoms with van der Waals surface area (Å²) in [6.07, 6.45) is 1.75. The number of carbonyl (C=O) groups excluding carboxylic acids is 2. The van der Waals surface area contributed by atoms with Crippen LogP contribution >= 0.6 is 0 Å². The van der Waals surface area contributed by atoms with Crippen molar-refractivity contribution in [2.75, 3.05) is 0 Å². The predicted octanol–water partition coefficient (Wildman–Crippen LogP) is 2.97. The van der Waals surface area contributed by atoms with E-state index in [1.54, 1.807) is 24.3 Å². The van der Waals surface area contributed by atoms with E-state index in [1.807, 2.05) is 18.2 Å². The highest BCUT2D eigenvalue weighted by molar-refractivity contribution is 6.21. The van der Waals surface area contributed by atoms with E-state index in [9.17, 15) is 9.59 Å². The maximum absolute atomic E-state index is 12.5. The van der Waals surface area contributed by atoms with Crippen LogP contribution < -0.4 is 0 Å². The van der Waals surface area contributed by atoms with E-state index in [-0.39, 0.29) is 17.9 Å². The lowest BCUT2D eigenvalue weighted by Gasteiger charge is -2.22. The highest BCUT2D eigenvalue weighted by Crippen LogP contribution is 2.39. The molecular weight excluding hydrogens is 250 g/mol. The summed E-state index contributed by atoms with van der Waals surface area (Å²) in [5.41, 5.74) is 3.42. The Balaban J connectivity index is 1.79. The van der Waals surface area contributed by atoms with Gasteiger partial charge in [0.05, 0.1) is 17.2 Å². The first-order valence-electron chi connectivity index (χ1n) is 6.82. The third-order valence-electron chi connectivity index (χ3n) is 4.24. The van der Waals surface area contributed by atoms with Crippen molar-refractivity contribution in [1.29, 1.82) is 0 Å². The number of imide groups is 1. The first-order valence-corrected chi connectivity index (χ1v) is 6.82. The molecule has 0 saturated heterocycles. The number of nitrogens with zero attached hydrogens (tertiary/aromatic N) is 1. The summed E-state index contributed by atoms with van der Waals surface area (Å²) in [6.45, 7) is 0. The molecule has 0 bridgehead atoms. The fourth-order valence-corrected chi connectivity index (χ4v) is 3.29. The lowest BCUT2D eigenvalue weighted by molar-refractivity contribution is 0.0582. The van der Waals surface area contributed by atoms with Crippen molar-refractivity contribution in [2.24, 2.45) is 0 Å². The number of carbonyl (C=O) groups is 2. The fraction of sp³-hybridized carbons (Fsp3) is 0.176. The second-order valence-corrected chi connectivity index (χ2v) is 5.28. The van der Waals surface area contributed by atoms with Gasteiger partial charge in [-0.1, -0.05) is 36.4 Å². The molecule has 2 aliphatic rings. The van der Waals surface area contributed by atoms with Crippen LogP contribution in [0.3, 0.4) is 0 Å².